The number of rotatable bonds is 9. The summed E-state index contributed by atoms with van der Waals surface area (Å²) in [6, 6.07) is 0.0457. The van der Waals surface area contributed by atoms with Crippen molar-refractivity contribution in [1.82, 2.24) is 15.5 Å². The van der Waals surface area contributed by atoms with Crippen LogP contribution in [0.2, 0.25) is 0 Å². The summed E-state index contributed by atoms with van der Waals surface area (Å²) in [4.78, 5) is 13.8. The fourth-order valence-corrected chi connectivity index (χ4v) is 1.33. The van der Waals surface area contributed by atoms with Crippen LogP contribution in [-0.2, 0) is 9.53 Å². The molecule has 0 aromatic carbocycles. The molecule has 0 bridgehead atoms. The van der Waals surface area contributed by atoms with E-state index in [-0.39, 0.29) is 18.0 Å². The minimum absolute atomic E-state index is 0.0551. The standard InChI is InChI=1S/C12H27N3O2/c1-10(2)14-12(16)11(3)13-6-7-15(4)8-9-17-5/h10-11,13H,6-9H2,1-5H3,(H,14,16). The molecule has 0 aliphatic carbocycles. The van der Waals surface area contributed by atoms with Crippen LogP contribution in [0.5, 0.6) is 0 Å². The van der Waals surface area contributed by atoms with E-state index < -0.39 is 0 Å². The van der Waals surface area contributed by atoms with Gasteiger partial charge < -0.3 is 20.3 Å². The fraction of sp³-hybridized carbons (Fsp3) is 0.917. The normalized spacial score (nSPS) is 13.1. The van der Waals surface area contributed by atoms with E-state index in [9.17, 15) is 4.79 Å². The van der Waals surface area contributed by atoms with E-state index in [2.05, 4.69) is 15.5 Å². The second-order valence-electron chi connectivity index (χ2n) is 4.64. The van der Waals surface area contributed by atoms with Crippen molar-refractivity contribution in [1.29, 1.82) is 0 Å². The molecular formula is C12H27N3O2. The summed E-state index contributed by atoms with van der Waals surface area (Å²) in [5, 5.41) is 6.08. The van der Waals surface area contributed by atoms with E-state index >= 15 is 0 Å². The molecule has 0 spiro atoms. The number of methoxy groups -OCH3 is 1. The zero-order chi connectivity index (χ0) is 13.3. The van der Waals surface area contributed by atoms with Gasteiger partial charge in [0.15, 0.2) is 0 Å². The van der Waals surface area contributed by atoms with Crippen LogP contribution in [0.4, 0.5) is 0 Å². The van der Waals surface area contributed by atoms with Gasteiger partial charge in [0.25, 0.3) is 0 Å². The summed E-state index contributed by atoms with van der Waals surface area (Å²) in [7, 11) is 3.74. The van der Waals surface area contributed by atoms with Crippen molar-refractivity contribution in [2.45, 2.75) is 32.9 Å². The van der Waals surface area contributed by atoms with Crippen LogP contribution < -0.4 is 10.6 Å². The predicted molar refractivity (Wildman–Crippen MR) is 70.1 cm³/mol. The molecule has 0 heterocycles. The molecule has 2 N–H and O–H groups in total. The third kappa shape index (κ3) is 9.09. The minimum atomic E-state index is -0.145. The summed E-state index contributed by atoms with van der Waals surface area (Å²) >= 11 is 0. The van der Waals surface area contributed by atoms with Crippen LogP contribution in [-0.4, -0.2) is 63.3 Å². The van der Waals surface area contributed by atoms with Gasteiger partial charge in [0.2, 0.25) is 5.91 Å². The summed E-state index contributed by atoms with van der Waals surface area (Å²) < 4.78 is 5.00. The molecule has 1 atom stereocenters. The lowest BCUT2D eigenvalue weighted by molar-refractivity contribution is -0.123. The zero-order valence-electron chi connectivity index (χ0n) is 11.7. The molecule has 0 fully saturated rings. The SMILES string of the molecule is COCCN(C)CCNC(C)C(=O)NC(C)C. The largest absolute Gasteiger partial charge is 0.383 e. The lowest BCUT2D eigenvalue weighted by atomic mass is 10.3. The van der Waals surface area contributed by atoms with Crippen LogP contribution >= 0.6 is 0 Å². The number of carbonyl (C=O) groups excluding carboxylic acids is 1. The Hall–Kier alpha value is -0.650. The lowest BCUT2D eigenvalue weighted by Crippen LogP contribution is -2.46. The second kappa shape index (κ2) is 9.39. The topological polar surface area (TPSA) is 53.6 Å². The molecule has 0 aliphatic rings. The monoisotopic (exact) mass is 245 g/mol. The molecule has 0 aromatic heterocycles. The van der Waals surface area contributed by atoms with Crippen LogP contribution in [0.1, 0.15) is 20.8 Å². The Kier molecular flexibility index (Phi) is 9.03. The number of hydrogen-bond acceptors (Lipinski definition) is 4. The highest BCUT2D eigenvalue weighted by molar-refractivity contribution is 5.81. The molecule has 102 valence electrons. The van der Waals surface area contributed by atoms with Crippen LogP contribution in [0.25, 0.3) is 0 Å². The molecule has 17 heavy (non-hydrogen) atoms. The molecule has 1 unspecified atom stereocenters. The third-order valence-corrected chi connectivity index (χ3v) is 2.45. The molecule has 0 rings (SSSR count). The van der Waals surface area contributed by atoms with E-state index in [1.165, 1.54) is 0 Å². The summed E-state index contributed by atoms with van der Waals surface area (Å²) in [6.45, 7) is 9.15. The first-order valence-corrected chi connectivity index (χ1v) is 6.18. The highest BCUT2D eigenvalue weighted by Crippen LogP contribution is 1.86. The first kappa shape index (κ1) is 16.4. The number of ether oxygens (including phenoxy) is 1. The predicted octanol–water partition coefficient (Wildman–Crippen LogP) is 0.0673. The van der Waals surface area contributed by atoms with Gasteiger partial charge in [-0.1, -0.05) is 0 Å². The maximum Gasteiger partial charge on any atom is 0.237 e. The molecule has 5 nitrogen and oxygen atoms in total. The molecule has 0 aliphatic heterocycles. The van der Waals surface area contributed by atoms with Crippen LogP contribution in [0, 0.1) is 0 Å². The quantitative estimate of drug-likeness (QED) is 0.603. The highest BCUT2D eigenvalue weighted by atomic mass is 16.5. The Morgan fingerprint density at radius 2 is 1.94 bits per heavy atom. The van der Waals surface area contributed by atoms with E-state index in [0.717, 1.165) is 26.2 Å². The Morgan fingerprint density at radius 3 is 2.47 bits per heavy atom. The molecule has 5 heteroatoms. The van der Waals surface area contributed by atoms with E-state index in [1.807, 2.05) is 27.8 Å². The first-order chi connectivity index (χ1) is 7.97. The molecule has 0 radical (unpaired) electrons. The van der Waals surface area contributed by atoms with Crippen molar-refractivity contribution in [3.05, 3.63) is 0 Å². The number of carbonyl (C=O) groups is 1. The van der Waals surface area contributed by atoms with Gasteiger partial charge >= 0.3 is 0 Å². The zero-order valence-corrected chi connectivity index (χ0v) is 11.7. The van der Waals surface area contributed by atoms with Crippen molar-refractivity contribution in [2.24, 2.45) is 0 Å². The highest BCUT2D eigenvalue weighted by Gasteiger charge is 2.12. The van der Waals surface area contributed by atoms with Gasteiger partial charge in [0.1, 0.15) is 0 Å². The Bertz CT molecular complexity index is 210. The Morgan fingerprint density at radius 1 is 1.29 bits per heavy atom. The molecule has 1 amide bonds. The van der Waals surface area contributed by atoms with Crippen molar-refractivity contribution in [3.8, 4) is 0 Å². The van der Waals surface area contributed by atoms with Crippen LogP contribution in [0.3, 0.4) is 0 Å². The van der Waals surface area contributed by atoms with Crippen LogP contribution in [0.15, 0.2) is 0 Å². The van der Waals surface area contributed by atoms with E-state index in [4.69, 9.17) is 4.74 Å². The molecular weight excluding hydrogens is 218 g/mol. The molecule has 0 saturated heterocycles. The van der Waals surface area contributed by atoms with Gasteiger partial charge in [-0.3, -0.25) is 4.79 Å². The van der Waals surface area contributed by atoms with Crippen molar-refractivity contribution < 1.29 is 9.53 Å². The van der Waals surface area contributed by atoms with Crippen molar-refractivity contribution in [3.63, 3.8) is 0 Å². The van der Waals surface area contributed by atoms with Gasteiger partial charge in [0, 0.05) is 32.8 Å². The average molecular weight is 245 g/mol. The Labute approximate surface area is 105 Å². The smallest absolute Gasteiger partial charge is 0.237 e. The minimum Gasteiger partial charge on any atom is -0.383 e. The Balaban J connectivity index is 3.62. The number of nitrogens with one attached hydrogen (secondary N) is 2. The van der Waals surface area contributed by atoms with Gasteiger partial charge in [-0.05, 0) is 27.8 Å². The fourth-order valence-electron chi connectivity index (χ4n) is 1.33. The lowest BCUT2D eigenvalue weighted by Gasteiger charge is -2.19. The maximum atomic E-state index is 11.6. The maximum absolute atomic E-state index is 11.6. The van der Waals surface area contributed by atoms with Crippen molar-refractivity contribution in [2.75, 3.05) is 40.4 Å². The second-order valence-corrected chi connectivity index (χ2v) is 4.64. The molecule has 0 saturated carbocycles. The van der Waals surface area contributed by atoms with Gasteiger partial charge in [0.05, 0.1) is 12.6 Å². The first-order valence-electron chi connectivity index (χ1n) is 6.18. The number of amides is 1. The average Bonchev–Trinajstić information content (AvgIpc) is 2.25. The summed E-state index contributed by atoms with van der Waals surface area (Å²) in [6.07, 6.45) is 0. The number of likely N-dealkylation sites (N-methyl/N-ethyl adjacent to an activating group) is 1. The summed E-state index contributed by atoms with van der Waals surface area (Å²) in [5.41, 5.74) is 0. The number of hydrogen-bond donors (Lipinski definition) is 2. The van der Waals surface area contributed by atoms with Gasteiger partial charge in [-0.25, -0.2) is 0 Å². The molecule has 0 aromatic rings. The van der Waals surface area contributed by atoms with Gasteiger partial charge in [-0.2, -0.15) is 0 Å². The summed E-state index contributed by atoms with van der Waals surface area (Å²) in [5.74, 6) is 0.0551. The number of nitrogens with zero attached hydrogens (tertiary/aromatic N) is 1. The van der Waals surface area contributed by atoms with Gasteiger partial charge in [-0.15, -0.1) is 0 Å². The third-order valence-electron chi connectivity index (χ3n) is 2.45. The van der Waals surface area contributed by atoms with E-state index in [0.29, 0.717) is 0 Å². The van der Waals surface area contributed by atoms with E-state index in [1.54, 1.807) is 7.11 Å². The van der Waals surface area contributed by atoms with Crippen molar-refractivity contribution >= 4 is 5.91 Å².